The van der Waals surface area contributed by atoms with Crippen molar-refractivity contribution < 1.29 is 17.9 Å². The number of amides is 1. The number of benzene rings is 3. The maximum atomic E-state index is 12.6. The topological polar surface area (TPSA) is 75.7 Å². The second-order valence-corrected chi connectivity index (χ2v) is 9.08. The number of ether oxygens (including phenoxy) is 1. The molecule has 0 saturated carbocycles. The normalized spacial score (nSPS) is 11.3. The molecule has 0 saturated heterocycles. The quantitative estimate of drug-likeness (QED) is 0.551. The van der Waals surface area contributed by atoms with Crippen LogP contribution in [0.5, 0.6) is 5.75 Å². The molecule has 0 radical (unpaired) electrons. The first-order chi connectivity index (χ1) is 14.9. The SMILES string of the molecule is CCOc1ccc(CNC(=O)c2ccc(CN(C)S(=O)(=O)c3ccccc3)cc2)cc1. The van der Waals surface area contributed by atoms with E-state index in [4.69, 9.17) is 4.74 Å². The van der Waals surface area contributed by atoms with Crippen molar-refractivity contribution in [3.8, 4) is 5.75 Å². The zero-order valence-electron chi connectivity index (χ0n) is 17.6. The monoisotopic (exact) mass is 438 g/mol. The number of hydrogen-bond acceptors (Lipinski definition) is 4. The molecule has 0 aromatic heterocycles. The Balaban J connectivity index is 1.57. The number of nitrogens with one attached hydrogen (secondary N) is 1. The van der Waals surface area contributed by atoms with Crippen LogP contribution in [0.2, 0.25) is 0 Å². The van der Waals surface area contributed by atoms with Gasteiger partial charge in [0.15, 0.2) is 0 Å². The van der Waals surface area contributed by atoms with Crippen molar-refractivity contribution in [3.05, 3.63) is 95.6 Å². The molecule has 1 amide bonds. The lowest BCUT2D eigenvalue weighted by atomic mass is 10.1. The first kappa shape index (κ1) is 22.5. The minimum Gasteiger partial charge on any atom is -0.494 e. The first-order valence-electron chi connectivity index (χ1n) is 10.0. The number of hydrogen-bond donors (Lipinski definition) is 1. The summed E-state index contributed by atoms with van der Waals surface area (Å²) in [6.07, 6.45) is 0. The third-order valence-electron chi connectivity index (χ3n) is 4.76. The van der Waals surface area contributed by atoms with Crippen LogP contribution in [-0.2, 0) is 23.1 Å². The van der Waals surface area contributed by atoms with Crippen molar-refractivity contribution in [2.24, 2.45) is 0 Å². The lowest BCUT2D eigenvalue weighted by molar-refractivity contribution is 0.0951. The standard InChI is InChI=1S/C24H26N2O4S/c1-3-30-22-15-11-19(12-16-22)17-25-24(27)21-13-9-20(10-14-21)18-26(2)31(28,29)23-7-5-4-6-8-23/h4-16H,3,17-18H2,1-2H3,(H,25,27). The summed E-state index contributed by atoms with van der Waals surface area (Å²) in [6, 6.07) is 22.8. The van der Waals surface area contributed by atoms with Gasteiger partial charge in [0.2, 0.25) is 10.0 Å². The lowest BCUT2D eigenvalue weighted by Crippen LogP contribution is -2.26. The molecule has 0 atom stereocenters. The fraction of sp³-hybridized carbons (Fsp3) is 0.208. The fourth-order valence-electron chi connectivity index (χ4n) is 3.03. The molecule has 162 valence electrons. The third-order valence-corrected chi connectivity index (χ3v) is 6.58. The second kappa shape index (κ2) is 10.2. The number of rotatable bonds is 9. The van der Waals surface area contributed by atoms with Gasteiger partial charge in [0.05, 0.1) is 11.5 Å². The Labute approximate surface area is 183 Å². The molecule has 3 aromatic rings. The number of carbonyl (C=O) groups is 1. The molecular weight excluding hydrogens is 412 g/mol. The van der Waals surface area contributed by atoms with E-state index < -0.39 is 10.0 Å². The predicted octanol–water partition coefficient (Wildman–Crippen LogP) is 3.84. The summed E-state index contributed by atoms with van der Waals surface area (Å²) in [7, 11) is -2.02. The van der Waals surface area contributed by atoms with Crippen molar-refractivity contribution >= 4 is 15.9 Å². The van der Waals surface area contributed by atoms with E-state index in [1.165, 1.54) is 4.31 Å². The number of carbonyl (C=O) groups excluding carboxylic acids is 1. The smallest absolute Gasteiger partial charge is 0.251 e. The molecule has 0 aliphatic carbocycles. The highest BCUT2D eigenvalue weighted by Gasteiger charge is 2.20. The molecule has 0 aliphatic rings. The molecule has 0 heterocycles. The van der Waals surface area contributed by atoms with E-state index in [9.17, 15) is 13.2 Å². The molecule has 0 bridgehead atoms. The van der Waals surface area contributed by atoms with E-state index >= 15 is 0 Å². The van der Waals surface area contributed by atoms with Crippen molar-refractivity contribution in [2.75, 3.05) is 13.7 Å². The van der Waals surface area contributed by atoms with Crippen LogP contribution in [0.15, 0.2) is 83.8 Å². The maximum Gasteiger partial charge on any atom is 0.251 e. The van der Waals surface area contributed by atoms with Crippen LogP contribution in [0.1, 0.15) is 28.4 Å². The van der Waals surface area contributed by atoms with Crippen molar-refractivity contribution in [1.82, 2.24) is 9.62 Å². The summed E-state index contributed by atoms with van der Waals surface area (Å²) < 4.78 is 32.0. The van der Waals surface area contributed by atoms with Crippen LogP contribution in [-0.4, -0.2) is 32.3 Å². The van der Waals surface area contributed by atoms with Crippen LogP contribution >= 0.6 is 0 Å². The molecule has 0 aliphatic heterocycles. The molecule has 3 aromatic carbocycles. The summed E-state index contributed by atoms with van der Waals surface area (Å²) in [5, 5.41) is 2.89. The van der Waals surface area contributed by atoms with Crippen LogP contribution in [0.3, 0.4) is 0 Å². The molecule has 0 fully saturated rings. The Morgan fingerprint density at radius 3 is 2.13 bits per heavy atom. The minimum atomic E-state index is -3.56. The van der Waals surface area contributed by atoms with Gasteiger partial charge in [-0.3, -0.25) is 4.79 Å². The van der Waals surface area contributed by atoms with Gasteiger partial charge in [0.25, 0.3) is 5.91 Å². The Morgan fingerprint density at radius 1 is 0.903 bits per heavy atom. The predicted molar refractivity (Wildman–Crippen MR) is 120 cm³/mol. The summed E-state index contributed by atoms with van der Waals surface area (Å²) in [6.45, 7) is 3.16. The molecule has 31 heavy (non-hydrogen) atoms. The largest absolute Gasteiger partial charge is 0.494 e. The van der Waals surface area contributed by atoms with E-state index in [0.717, 1.165) is 16.9 Å². The van der Waals surface area contributed by atoms with Crippen LogP contribution in [0.25, 0.3) is 0 Å². The van der Waals surface area contributed by atoms with Gasteiger partial charge in [0.1, 0.15) is 5.75 Å². The number of nitrogens with zero attached hydrogens (tertiary/aromatic N) is 1. The van der Waals surface area contributed by atoms with E-state index in [1.807, 2.05) is 31.2 Å². The summed E-state index contributed by atoms with van der Waals surface area (Å²) in [5.41, 5.74) is 2.29. The minimum absolute atomic E-state index is 0.189. The Hall–Kier alpha value is -3.16. The van der Waals surface area contributed by atoms with Gasteiger partial charge in [-0.2, -0.15) is 4.31 Å². The van der Waals surface area contributed by atoms with Gasteiger partial charge >= 0.3 is 0 Å². The van der Waals surface area contributed by atoms with Gasteiger partial charge in [-0.1, -0.05) is 42.5 Å². The molecule has 3 rings (SSSR count). The highest BCUT2D eigenvalue weighted by Crippen LogP contribution is 2.17. The fourth-order valence-corrected chi connectivity index (χ4v) is 4.21. The maximum absolute atomic E-state index is 12.6. The highest BCUT2D eigenvalue weighted by molar-refractivity contribution is 7.89. The summed E-state index contributed by atoms with van der Waals surface area (Å²) >= 11 is 0. The Kier molecular flexibility index (Phi) is 7.44. The average Bonchev–Trinajstić information content (AvgIpc) is 2.79. The molecular formula is C24H26N2O4S. The molecule has 6 nitrogen and oxygen atoms in total. The number of sulfonamides is 1. The van der Waals surface area contributed by atoms with Crippen molar-refractivity contribution in [3.63, 3.8) is 0 Å². The lowest BCUT2D eigenvalue weighted by Gasteiger charge is -2.17. The van der Waals surface area contributed by atoms with Crippen LogP contribution in [0.4, 0.5) is 0 Å². The zero-order chi connectivity index (χ0) is 22.3. The van der Waals surface area contributed by atoms with Crippen molar-refractivity contribution in [2.45, 2.75) is 24.9 Å². The third kappa shape index (κ3) is 5.93. The molecule has 0 unspecified atom stereocenters. The highest BCUT2D eigenvalue weighted by atomic mass is 32.2. The molecule has 7 heteroatoms. The second-order valence-electron chi connectivity index (χ2n) is 7.03. The van der Waals surface area contributed by atoms with Gasteiger partial charge in [-0.25, -0.2) is 8.42 Å². The first-order valence-corrected chi connectivity index (χ1v) is 11.4. The Bertz CT molecular complexity index is 1100. The van der Waals surface area contributed by atoms with E-state index in [-0.39, 0.29) is 17.3 Å². The van der Waals surface area contributed by atoms with Gasteiger partial charge in [-0.15, -0.1) is 0 Å². The molecule has 0 spiro atoms. The van der Waals surface area contributed by atoms with Gasteiger partial charge in [-0.05, 0) is 54.4 Å². The van der Waals surface area contributed by atoms with E-state index in [0.29, 0.717) is 18.7 Å². The van der Waals surface area contributed by atoms with E-state index in [1.54, 1.807) is 61.6 Å². The van der Waals surface area contributed by atoms with Gasteiger partial charge < -0.3 is 10.1 Å². The molecule has 1 N–H and O–H groups in total. The Morgan fingerprint density at radius 2 is 1.52 bits per heavy atom. The average molecular weight is 439 g/mol. The van der Waals surface area contributed by atoms with Gasteiger partial charge in [0, 0.05) is 25.7 Å². The van der Waals surface area contributed by atoms with Crippen LogP contribution < -0.4 is 10.1 Å². The summed E-state index contributed by atoms with van der Waals surface area (Å²) in [4.78, 5) is 12.7. The van der Waals surface area contributed by atoms with Crippen molar-refractivity contribution in [1.29, 1.82) is 0 Å². The van der Waals surface area contributed by atoms with Crippen LogP contribution in [0, 0.1) is 0 Å². The zero-order valence-corrected chi connectivity index (χ0v) is 18.4. The van der Waals surface area contributed by atoms with E-state index in [2.05, 4.69) is 5.32 Å². The summed E-state index contributed by atoms with van der Waals surface area (Å²) in [5.74, 6) is 0.609.